The topological polar surface area (TPSA) is 122 Å². The van der Waals surface area contributed by atoms with Crippen molar-refractivity contribution in [3.05, 3.63) is 58.3 Å². The van der Waals surface area contributed by atoms with Crippen LogP contribution in [0.3, 0.4) is 0 Å². The number of ether oxygens (including phenoxy) is 1. The van der Waals surface area contributed by atoms with Crippen LogP contribution in [0.15, 0.2) is 47.2 Å². The number of carboxylic acid groups (broad SMARTS) is 1. The van der Waals surface area contributed by atoms with Gasteiger partial charge in [0.1, 0.15) is 31.0 Å². The third kappa shape index (κ3) is 6.58. The number of hydrogen-bond acceptors (Lipinski definition) is 6. The highest BCUT2D eigenvalue weighted by atomic mass is 32.1. The molecular formula is C35H48N3O6S+. The predicted octanol–water partition coefficient (Wildman–Crippen LogP) is 5.06. The van der Waals surface area contributed by atoms with E-state index in [0.29, 0.717) is 16.9 Å². The Balaban J connectivity index is 1.54. The number of hydrogen-bond donors (Lipinski definition) is 4. The quantitative estimate of drug-likeness (QED) is 0.0627. The number of carbonyl (C=O) groups excluding carboxylic acids is 1. The van der Waals surface area contributed by atoms with Crippen LogP contribution in [0.2, 0.25) is 0 Å². The number of phenols is 1. The van der Waals surface area contributed by atoms with E-state index < -0.39 is 23.5 Å². The van der Waals surface area contributed by atoms with Crippen LogP contribution < -0.4 is 10.1 Å². The van der Waals surface area contributed by atoms with Gasteiger partial charge in [-0.3, -0.25) is 4.79 Å². The summed E-state index contributed by atoms with van der Waals surface area (Å²) in [7, 11) is 1.95. The number of aromatic hydroxyl groups is 1. The number of aliphatic hydroxyl groups excluding tert-OH is 1. The van der Waals surface area contributed by atoms with E-state index in [1.807, 2.05) is 30.7 Å². The van der Waals surface area contributed by atoms with Crippen LogP contribution in [-0.2, 0) is 16.0 Å². The van der Waals surface area contributed by atoms with E-state index in [9.17, 15) is 24.9 Å². The van der Waals surface area contributed by atoms with Gasteiger partial charge in [-0.05, 0) is 75.5 Å². The lowest BCUT2D eigenvalue weighted by molar-refractivity contribution is -0.534. The van der Waals surface area contributed by atoms with Crippen LogP contribution in [-0.4, -0.2) is 80.3 Å². The van der Waals surface area contributed by atoms with Gasteiger partial charge in [0.05, 0.1) is 29.0 Å². The van der Waals surface area contributed by atoms with Crippen LogP contribution in [0.25, 0.3) is 0 Å². The van der Waals surface area contributed by atoms with Gasteiger partial charge in [0, 0.05) is 18.9 Å². The van der Waals surface area contributed by atoms with Crippen molar-refractivity contribution in [2.45, 2.75) is 97.2 Å². The number of benzene rings is 1. The number of nitrogens with zero attached hydrogens (tertiary/aromatic N) is 2. The Kier molecular flexibility index (Phi) is 10.6. The Labute approximate surface area is 272 Å². The number of unbranched alkanes of at least 4 members (excludes halogenated alkanes) is 2. The molecule has 2 aliphatic heterocycles. The first kappa shape index (κ1) is 34.4. The molecule has 0 bridgehead atoms. The number of aliphatic hydroxyl groups is 1. The smallest absolute Gasteiger partial charge is 0.352 e. The number of aliphatic carboxylic acids is 1. The maximum atomic E-state index is 12.9. The predicted molar refractivity (Wildman–Crippen MR) is 179 cm³/mol. The Hall–Kier alpha value is -3.50. The molecule has 3 aliphatic rings. The minimum Gasteiger partial charge on any atom is -0.507 e. The molecule has 6 atom stereocenters. The minimum absolute atomic E-state index is 0.0496. The molecule has 1 saturated heterocycles. The lowest BCUT2D eigenvalue weighted by Gasteiger charge is -2.54. The summed E-state index contributed by atoms with van der Waals surface area (Å²) in [5.74, 6) is -1.29. The Bertz CT molecular complexity index is 1460. The summed E-state index contributed by atoms with van der Waals surface area (Å²) in [6, 6.07) is 3.46. The lowest BCUT2D eigenvalue weighted by atomic mass is 9.65. The Morgan fingerprint density at radius 1 is 1.36 bits per heavy atom. The van der Waals surface area contributed by atoms with Gasteiger partial charge >= 0.3 is 5.97 Å². The number of carbonyl (C=O) groups is 2. The molecule has 0 unspecified atom stereocenters. The summed E-state index contributed by atoms with van der Waals surface area (Å²) < 4.78 is 8.17. The minimum atomic E-state index is -1.18. The van der Waals surface area contributed by atoms with Crippen LogP contribution in [0, 0.1) is 11.3 Å². The van der Waals surface area contributed by atoms with Crippen LogP contribution in [0.1, 0.15) is 83.8 Å². The van der Waals surface area contributed by atoms with Gasteiger partial charge in [0.2, 0.25) is 5.91 Å². The lowest BCUT2D eigenvalue weighted by Crippen LogP contribution is -2.70. The van der Waals surface area contributed by atoms with Gasteiger partial charge in [-0.2, -0.15) is 0 Å². The monoisotopic (exact) mass is 638 g/mol. The van der Waals surface area contributed by atoms with Gasteiger partial charge in [-0.15, -0.1) is 0 Å². The standard InChI is InChI=1S/C35H47N3O6S/c1-8-9-10-12-23-18-27(40)29(25-17-20(2)14-15-26(25)37(6)7)28(19-23)44-34(45)36-16-11-13-24-21(3)31-35(5,22(4)39)33(43)38(31)30(24)32(41)42/h11,13,17-19,21-22,25-26,31,39H,6,8-10,12,14-16H2,1-5,7H3,(H2-,36,40,41,42,45)/p+1/b13-11+/t21-,22+,25+,26+,31+,35+/m0/s1. The molecule has 10 heteroatoms. The second-order valence-corrected chi connectivity index (χ2v) is 13.4. The Morgan fingerprint density at radius 3 is 2.69 bits per heavy atom. The van der Waals surface area contributed by atoms with Crippen LogP contribution >= 0.6 is 12.2 Å². The first-order valence-electron chi connectivity index (χ1n) is 15.9. The van der Waals surface area contributed by atoms with Gasteiger partial charge in [-0.1, -0.05) is 50.5 Å². The van der Waals surface area contributed by atoms with Crippen molar-refractivity contribution in [3.63, 3.8) is 0 Å². The van der Waals surface area contributed by atoms with Gasteiger partial charge in [0.25, 0.3) is 5.17 Å². The second kappa shape index (κ2) is 13.9. The van der Waals surface area contributed by atoms with E-state index in [2.05, 4.69) is 32.0 Å². The summed E-state index contributed by atoms with van der Waals surface area (Å²) in [5, 5.41) is 34.8. The van der Waals surface area contributed by atoms with E-state index >= 15 is 0 Å². The molecule has 244 valence electrons. The maximum Gasteiger partial charge on any atom is 0.352 e. The van der Waals surface area contributed by atoms with Crippen molar-refractivity contribution in [2.24, 2.45) is 11.3 Å². The molecule has 4 N–H and O–H groups in total. The Morgan fingerprint density at radius 2 is 2.07 bits per heavy atom. The first-order valence-corrected chi connectivity index (χ1v) is 16.3. The molecule has 0 aromatic heterocycles. The molecule has 1 aromatic rings. The first-order chi connectivity index (χ1) is 21.2. The molecule has 0 saturated carbocycles. The number of likely N-dealkylation sites (N-methyl/N-ethyl adjacent to an activating group) is 1. The number of β-lactam (4-membered cyclic amide) rings is 1. The molecular weight excluding hydrogens is 590 g/mol. The van der Waals surface area contributed by atoms with Crippen molar-refractivity contribution in [1.82, 2.24) is 10.2 Å². The molecule has 1 fully saturated rings. The van der Waals surface area contributed by atoms with Crippen molar-refractivity contribution in [2.75, 3.05) is 13.6 Å². The van der Waals surface area contributed by atoms with Crippen LogP contribution in [0.5, 0.6) is 11.5 Å². The van der Waals surface area contributed by atoms with Crippen molar-refractivity contribution in [3.8, 4) is 11.5 Å². The van der Waals surface area contributed by atoms with Crippen molar-refractivity contribution >= 4 is 36.0 Å². The highest BCUT2D eigenvalue weighted by Crippen LogP contribution is 2.54. The number of allylic oxidation sites excluding steroid dienone is 2. The third-order valence-electron chi connectivity index (χ3n) is 9.85. The van der Waals surface area contributed by atoms with E-state index in [1.54, 1.807) is 26.0 Å². The molecule has 1 aliphatic carbocycles. The van der Waals surface area contributed by atoms with E-state index in [0.717, 1.165) is 44.1 Å². The van der Waals surface area contributed by atoms with Gasteiger partial charge < -0.3 is 30.3 Å². The molecule has 1 aromatic carbocycles. The van der Waals surface area contributed by atoms with Crippen molar-refractivity contribution in [1.29, 1.82) is 0 Å². The molecule has 9 nitrogen and oxygen atoms in total. The fourth-order valence-corrected chi connectivity index (χ4v) is 7.38. The molecule has 1 amide bonds. The molecule has 2 heterocycles. The van der Waals surface area contributed by atoms with E-state index in [1.165, 1.54) is 10.5 Å². The summed E-state index contributed by atoms with van der Waals surface area (Å²) in [6.45, 7) is 13.8. The van der Waals surface area contributed by atoms with Crippen molar-refractivity contribution < 1.29 is 34.2 Å². The second-order valence-electron chi connectivity index (χ2n) is 13.0. The molecule has 4 rings (SSSR count). The van der Waals surface area contributed by atoms with E-state index in [-0.39, 0.29) is 47.0 Å². The largest absolute Gasteiger partial charge is 0.507 e. The number of carboxylic acids is 1. The molecule has 0 spiro atoms. The SMILES string of the molecule is C=[N+](C)[C@@H]1CCC(C)=C[C@H]1c1c(O)cc(CCCCC)cc1OC(=S)NC/C=C/C1=C(C(=O)O)N2C(=O)[C@](C)([C@@H](C)O)[C@H]2[C@H]1C. The summed E-state index contributed by atoms with van der Waals surface area (Å²) >= 11 is 5.58. The average Bonchev–Trinajstić information content (AvgIpc) is 3.24. The van der Waals surface area contributed by atoms with Crippen LogP contribution in [0.4, 0.5) is 0 Å². The number of phenolic OH excluding ortho intramolecular Hbond substituents is 1. The fraction of sp³-hybridized carbons (Fsp3) is 0.543. The number of amides is 1. The highest BCUT2D eigenvalue weighted by molar-refractivity contribution is 7.80. The average molecular weight is 639 g/mol. The fourth-order valence-electron chi connectivity index (χ4n) is 7.21. The van der Waals surface area contributed by atoms with Gasteiger partial charge in [0.15, 0.2) is 6.04 Å². The highest BCUT2D eigenvalue weighted by Gasteiger charge is 2.67. The number of thiocarbonyl (C=S) groups is 1. The summed E-state index contributed by atoms with van der Waals surface area (Å²) in [4.78, 5) is 26.4. The van der Waals surface area contributed by atoms with E-state index in [4.69, 9.17) is 17.0 Å². The zero-order valence-corrected chi connectivity index (χ0v) is 28.1. The zero-order chi connectivity index (χ0) is 33.2. The van der Waals surface area contributed by atoms with Gasteiger partial charge in [-0.25, -0.2) is 9.37 Å². The maximum absolute atomic E-state index is 12.9. The number of fused-ring (bicyclic) bond motifs is 1. The molecule has 45 heavy (non-hydrogen) atoms. The summed E-state index contributed by atoms with van der Waals surface area (Å²) in [6.07, 6.45) is 10.6. The number of nitrogens with one attached hydrogen (secondary N) is 1. The summed E-state index contributed by atoms with van der Waals surface area (Å²) in [5.41, 5.74) is 2.34. The normalized spacial score (nSPS) is 26.8. The third-order valence-corrected chi connectivity index (χ3v) is 10.1. The number of aryl methyl sites for hydroxylation is 1. The number of rotatable bonds is 12. The zero-order valence-electron chi connectivity index (χ0n) is 27.3. The molecule has 0 radical (unpaired) electrons.